The Morgan fingerprint density at radius 3 is 2.41 bits per heavy atom. The van der Waals surface area contributed by atoms with Crippen molar-refractivity contribution in [2.75, 3.05) is 19.5 Å². The number of hydrogen-bond acceptors (Lipinski definition) is 4. The van der Waals surface area contributed by atoms with Crippen molar-refractivity contribution in [3.8, 4) is 11.5 Å². The van der Waals surface area contributed by atoms with Crippen molar-refractivity contribution in [1.29, 1.82) is 0 Å². The fraction of sp³-hybridized carbons (Fsp3) is 0.273. The molecule has 3 N–H and O–H groups in total. The van der Waals surface area contributed by atoms with Gasteiger partial charge in [0, 0.05) is 11.4 Å². The van der Waals surface area contributed by atoms with E-state index in [1.54, 1.807) is 14.2 Å². The molecule has 1 aliphatic heterocycles. The Morgan fingerprint density at radius 1 is 1.03 bits per heavy atom. The van der Waals surface area contributed by atoms with Crippen LogP contribution < -0.4 is 25.4 Å². The van der Waals surface area contributed by atoms with Crippen molar-refractivity contribution >= 4 is 28.9 Å². The zero-order valence-corrected chi connectivity index (χ0v) is 18.0. The molecule has 0 aromatic heterocycles. The summed E-state index contributed by atoms with van der Waals surface area (Å²) < 4.78 is 10.7. The van der Waals surface area contributed by atoms with E-state index in [2.05, 4.69) is 16.0 Å². The zero-order chi connectivity index (χ0) is 21.1. The number of aryl methyl sites for hydroxylation is 2. The second-order valence-electron chi connectivity index (χ2n) is 6.96. The van der Waals surface area contributed by atoms with Gasteiger partial charge in [0.25, 0.3) is 5.91 Å². The molecule has 3 rings (SSSR count). The smallest absolute Gasteiger partial charge is 0.255 e. The van der Waals surface area contributed by atoms with Crippen LogP contribution in [-0.4, -0.2) is 25.2 Å². The molecule has 0 saturated heterocycles. The van der Waals surface area contributed by atoms with Crippen molar-refractivity contribution in [3.63, 3.8) is 0 Å². The summed E-state index contributed by atoms with van der Waals surface area (Å²) in [4.78, 5) is 13.2. The van der Waals surface area contributed by atoms with E-state index in [0.29, 0.717) is 27.9 Å². The van der Waals surface area contributed by atoms with Gasteiger partial charge in [-0.15, -0.1) is 0 Å². The van der Waals surface area contributed by atoms with Gasteiger partial charge < -0.3 is 25.4 Å². The number of benzene rings is 2. The van der Waals surface area contributed by atoms with Crippen molar-refractivity contribution in [2.45, 2.75) is 26.8 Å². The second kappa shape index (κ2) is 8.53. The number of ether oxygens (including phenoxy) is 2. The van der Waals surface area contributed by atoms with Crippen LogP contribution in [0.2, 0.25) is 0 Å². The van der Waals surface area contributed by atoms with E-state index in [1.807, 2.05) is 57.2 Å². The van der Waals surface area contributed by atoms with E-state index < -0.39 is 6.04 Å². The number of amides is 1. The highest BCUT2D eigenvalue weighted by atomic mass is 32.1. The molecule has 1 heterocycles. The summed E-state index contributed by atoms with van der Waals surface area (Å²) in [5, 5.41) is 9.74. The molecule has 7 heteroatoms. The normalized spacial score (nSPS) is 16.0. The third-order valence-corrected chi connectivity index (χ3v) is 5.10. The lowest BCUT2D eigenvalue weighted by Crippen LogP contribution is -2.45. The molecule has 0 radical (unpaired) electrons. The summed E-state index contributed by atoms with van der Waals surface area (Å²) in [7, 11) is 3.17. The summed E-state index contributed by atoms with van der Waals surface area (Å²) in [5.74, 6) is 1.01. The van der Waals surface area contributed by atoms with Gasteiger partial charge in [0.2, 0.25) is 0 Å². The molecule has 1 aliphatic rings. The number of carbonyl (C=O) groups excluding carboxylic acids is 1. The number of hydrogen-bond donors (Lipinski definition) is 3. The average Bonchev–Trinajstić information content (AvgIpc) is 2.68. The summed E-state index contributed by atoms with van der Waals surface area (Å²) in [6.45, 7) is 5.84. The molecule has 1 amide bonds. The first-order valence-electron chi connectivity index (χ1n) is 9.23. The first kappa shape index (κ1) is 20.7. The molecule has 152 valence electrons. The lowest BCUT2D eigenvalue weighted by atomic mass is 9.94. The van der Waals surface area contributed by atoms with Gasteiger partial charge in [0.15, 0.2) is 16.6 Å². The summed E-state index contributed by atoms with van der Waals surface area (Å²) in [6, 6.07) is 11.1. The van der Waals surface area contributed by atoms with E-state index in [9.17, 15) is 4.79 Å². The van der Waals surface area contributed by atoms with Crippen LogP contribution >= 0.6 is 12.2 Å². The minimum absolute atomic E-state index is 0.197. The number of carbonyl (C=O) groups is 1. The third-order valence-electron chi connectivity index (χ3n) is 4.88. The SMILES string of the molecule is COc1ccc([C@@H]2NC(=S)NC(C)=C2C(=O)Nc2ccc(C)cc2C)cc1OC. The fourth-order valence-corrected chi connectivity index (χ4v) is 3.69. The van der Waals surface area contributed by atoms with Gasteiger partial charge in [-0.2, -0.15) is 0 Å². The second-order valence-corrected chi connectivity index (χ2v) is 7.37. The minimum atomic E-state index is -0.422. The molecule has 6 nitrogen and oxygen atoms in total. The molecule has 0 spiro atoms. The molecule has 0 fully saturated rings. The van der Waals surface area contributed by atoms with Crippen molar-refractivity contribution < 1.29 is 14.3 Å². The van der Waals surface area contributed by atoms with Crippen LogP contribution in [0.15, 0.2) is 47.7 Å². The number of anilines is 1. The first-order chi connectivity index (χ1) is 13.8. The Kier molecular flexibility index (Phi) is 6.08. The van der Waals surface area contributed by atoms with Gasteiger partial charge in [0.05, 0.1) is 25.8 Å². The van der Waals surface area contributed by atoms with Crippen LogP contribution in [0, 0.1) is 13.8 Å². The first-order valence-corrected chi connectivity index (χ1v) is 9.63. The Balaban J connectivity index is 1.98. The number of methoxy groups -OCH3 is 2. The maximum absolute atomic E-state index is 13.2. The van der Waals surface area contributed by atoms with Crippen molar-refractivity contribution in [3.05, 3.63) is 64.4 Å². The molecular formula is C22H25N3O3S. The van der Waals surface area contributed by atoms with E-state index in [-0.39, 0.29) is 5.91 Å². The minimum Gasteiger partial charge on any atom is -0.493 e. The van der Waals surface area contributed by atoms with Crippen LogP contribution in [0.4, 0.5) is 5.69 Å². The van der Waals surface area contributed by atoms with Gasteiger partial charge >= 0.3 is 0 Å². The maximum Gasteiger partial charge on any atom is 0.255 e. The molecule has 2 aromatic carbocycles. The molecule has 0 unspecified atom stereocenters. The van der Waals surface area contributed by atoms with Gasteiger partial charge in [-0.3, -0.25) is 4.79 Å². The monoisotopic (exact) mass is 411 g/mol. The lowest BCUT2D eigenvalue weighted by Gasteiger charge is -2.30. The number of allylic oxidation sites excluding steroid dienone is 1. The highest BCUT2D eigenvalue weighted by Crippen LogP contribution is 2.34. The van der Waals surface area contributed by atoms with Crippen LogP contribution in [0.25, 0.3) is 0 Å². The molecule has 0 aliphatic carbocycles. The topological polar surface area (TPSA) is 71.6 Å². The third kappa shape index (κ3) is 4.35. The van der Waals surface area contributed by atoms with Gasteiger partial charge in [-0.1, -0.05) is 23.8 Å². The maximum atomic E-state index is 13.2. The van der Waals surface area contributed by atoms with Crippen LogP contribution in [0.5, 0.6) is 11.5 Å². The summed E-state index contributed by atoms with van der Waals surface area (Å²) in [5.41, 5.74) is 5.04. The number of nitrogens with one attached hydrogen (secondary N) is 3. The summed E-state index contributed by atoms with van der Waals surface area (Å²) >= 11 is 5.33. The highest BCUT2D eigenvalue weighted by Gasteiger charge is 2.30. The van der Waals surface area contributed by atoms with Crippen LogP contribution in [-0.2, 0) is 4.79 Å². The van der Waals surface area contributed by atoms with Gasteiger partial charge in [0.1, 0.15) is 0 Å². The van der Waals surface area contributed by atoms with Gasteiger partial charge in [-0.05, 0) is 62.3 Å². The number of rotatable bonds is 5. The van der Waals surface area contributed by atoms with Crippen LogP contribution in [0.1, 0.15) is 29.7 Å². The largest absolute Gasteiger partial charge is 0.493 e. The van der Waals surface area contributed by atoms with Crippen molar-refractivity contribution in [2.24, 2.45) is 0 Å². The molecule has 2 aromatic rings. The molecule has 0 saturated carbocycles. The zero-order valence-electron chi connectivity index (χ0n) is 17.2. The highest BCUT2D eigenvalue weighted by molar-refractivity contribution is 7.80. The fourth-order valence-electron chi connectivity index (χ4n) is 3.42. The van der Waals surface area contributed by atoms with Crippen molar-refractivity contribution in [1.82, 2.24) is 10.6 Å². The number of thiocarbonyl (C=S) groups is 1. The lowest BCUT2D eigenvalue weighted by molar-refractivity contribution is -0.113. The van der Waals surface area contributed by atoms with E-state index in [1.165, 1.54) is 0 Å². The Labute approximate surface area is 176 Å². The molecule has 0 bridgehead atoms. The molecule has 29 heavy (non-hydrogen) atoms. The van der Waals surface area contributed by atoms with E-state index in [0.717, 1.165) is 22.4 Å². The van der Waals surface area contributed by atoms with Crippen LogP contribution in [0.3, 0.4) is 0 Å². The quantitative estimate of drug-likeness (QED) is 0.651. The summed E-state index contributed by atoms with van der Waals surface area (Å²) in [6.07, 6.45) is 0. The Bertz CT molecular complexity index is 1000. The Morgan fingerprint density at radius 2 is 1.76 bits per heavy atom. The Hall–Kier alpha value is -3.06. The predicted molar refractivity (Wildman–Crippen MR) is 118 cm³/mol. The van der Waals surface area contributed by atoms with E-state index in [4.69, 9.17) is 21.7 Å². The average molecular weight is 412 g/mol. The predicted octanol–water partition coefficient (Wildman–Crippen LogP) is 3.75. The molecular weight excluding hydrogens is 386 g/mol. The standard InChI is InChI=1S/C22H25N3O3S/c1-12-6-8-16(13(2)10-12)24-21(26)19-14(3)23-22(29)25-20(19)15-7-9-17(27-4)18(11-15)28-5/h6-11,20H,1-5H3,(H,24,26)(H2,23,25,29)/t20-/m0/s1. The van der Waals surface area contributed by atoms with Gasteiger partial charge in [-0.25, -0.2) is 0 Å². The van der Waals surface area contributed by atoms with E-state index >= 15 is 0 Å². The molecule has 1 atom stereocenters.